The highest BCUT2D eigenvalue weighted by Crippen LogP contribution is 2.34. The number of nitrogens with one attached hydrogen (secondary N) is 1. The molecule has 176 valence electrons. The molecule has 9 heteroatoms. The summed E-state index contributed by atoms with van der Waals surface area (Å²) in [7, 11) is 0. The SMILES string of the molecule is Cc1ccnc2c(-c3ccc(OC(F)(F)F)cc3)c(NC(=O)CC(C)(C)c3ccccc3)nn12. The number of halogens is 3. The number of hydrogen-bond acceptors (Lipinski definition) is 4. The molecule has 2 heterocycles. The molecule has 0 aliphatic heterocycles. The summed E-state index contributed by atoms with van der Waals surface area (Å²) in [6.45, 7) is 5.81. The van der Waals surface area contributed by atoms with E-state index in [9.17, 15) is 18.0 Å². The van der Waals surface area contributed by atoms with Crippen LogP contribution < -0.4 is 10.1 Å². The second-order valence-electron chi connectivity index (χ2n) is 8.59. The van der Waals surface area contributed by atoms with E-state index in [1.165, 1.54) is 24.3 Å². The molecule has 0 fully saturated rings. The summed E-state index contributed by atoms with van der Waals surface area (Å²) in [5, 5.41) is 7.41. The number of ether oxygens (including phenoxy) is 1. The van der Waals surface area contributed by atoms with Crippen LogP contribution in [0.25, 0.3) is 16.8 Å². The molecular formula is C25H23F3N4O2. The number of aryl methyl sites for hydroxylation is 1. The number of hydrogen-bond donors (Lipinski definition) is 1. The molecule has 4 rings (SSSR count). The molecule has 2 aromatic carbocycles. The quantitative estimate of drug-likeness (QED) is 0.382. The molecule has 6 nitrogen and oxygen atoms in total. The summed E-state index contributed by atoms with van der Waals surface area (Å²) in [5.41, 5.74) is 2.91. The van der Waals surface area contributed by atoms with Crippen molar-refractivity contribution in [2.45, 2.75) is 39.0 Å². The fourth-order valence-corrected chi connectivity index (χ4v) is 3.81. The molecule has 0 saturated heterocycles. The fraction of sp³-hybridized carbons (Fsp3) is 0.240. The second kappa shape index (κ2) is 8.81. The summed E-state index contributed by atoms with van der Waals surface area (Å²) < 4.78 is 43.2. The molecule has 1 N–H and O–H groups in total. The number of carbonyl (C=O) groups is 1. The van der Waals surface area contributed by atoms with Gasteiger partial charge in [-0.1, -0.05) is 56.3 Å². The number of nitrogens with zero attached hydrogens (tertiary/aromatic N) is 3. The highest BCUT2D eigenvalue weighted by Gasteiger charge is 2.31. The van der Waals surface area contributed by atoms with Crippen LogP contribution in [0.5, 0.6) is 5.75 Å². The maximum Gasteiger partial charge on any atom is 0.573 e. The number of rotatable bonds is 6. The Morgan fingerprint density at radius 1 is 1.03 bits per heavy atom. The Morgan fingerprint density at radius 2 is 1.71 bits per heavy atom. The highest BCUT2D eigenvalue weighted by molar-refractivity contribution is 5.98. The Hall–Kier alpha value is -3.88. The van der Waals surface area contributed by atoms with Crippen LogP contribution in [0.2, 0.25) is 0 Å². The minimum absolute atomic E-state index is 0.203. The normalized spacial score (nSPS) is 12.1. The van der Waals surface area contributed by atoms with Crippen LogP contribution >= 0.6 is 0 Å². The van der Waals surface area contributed by atoms with Crippen LogP contribution in [-0.2, 0) is 10.2 Å². The second-order valence-corrected chi connectivity index (χ2v) is 8.59. The lowest BCUT2D eigenvalue weighted by Crippen LogP contribution is -2.26. The first-order chi connectivity index (χ1) is 16.0. The minimum Gasteiger partial charge on any atom is -0.406 e. The van der Waals surface area contributed by atoms with Gasteiger partial charge in [-0.25, -0.2) is 9.50 Å². The molecule has 0 spiro atoms. The van der Waals surface area contributed by atoms with Gasteiger partial charge >= 0.3 is 6.36 Å². The van der Waals surface area contributed by atoms with Crippen molar-refractivity contribution in [1.29, 1.82) is 0 Å². The molecule has 0 unspecified atom stereocenters. The molecular weight excluding hydrogens is 445 g/mol. The van der Waals surface area contributed by atoms with Crippen LogP contribution in [0.15, 0.2) is 66.9 Å². The molecule has 0 atom stereocenters. The van der Waals surface area contributed by atoms with Crippen molar-refractivity contribution in [3.05, 3.63) is 78.1 Å². The summed E-state index contributed by atoms with van der Waals surface area (Å²) in [6.07, 6.45) is -2.97. The van der Waals surface area contributed by atoms with Crippen molar-refractivity contribution in [3.63, 3.8) is 0 Å². The van der Waals surface area contributed by atoms with E-state index < -0.39 is 11.8 Å². The Bertz CT molecular complexity index is 1310. The van der Waals surface area contributed by atoms with E-state index in [-0.39, 0.29) is 23.9 Å². The Morgan fingerprint density at radius 3 is 2.35 bits per heavy atom. The molecule has 0 aliphatic carbocycles. The van der Waals surface area contributed by atoms with Crippen LogP contribution in [-0.4, -0.2) is 26.9 Å². The zero-order valence-corrected chi connectivity index (χ0v) is 18.8. The van der Waals surface area contributed by atoms with Crippen LogP contribution in [0.3, 0.4) is 0 Å². The van der Waals surface area contributed by atoms with Gasteiger partial charge in [0.25, 0.3) is 0 Å². The van der Waals surface area contributed by atoms with Crippen LogP contribution in [0.4, 0.5) is 19.0 Å². The molecule has 34 heavy (non-hydrogen) atoms. The van der Waals surface area contributed by atoms with E-state index in [2.05, 4.69) is 20.1 Å². The van der Waals surface area contributed by atoms with Crippen molar-refractivity contribution >= 4 is 17.4 Å². The van der Waals surface area contributed by atoms with Crippen molar-refractivity contribution in [2.75, 3.05) is 5.32 Å². The zero-order chi connectivity index (χ0) is 24.5. The molecule has 4 aromatic rings. The molecule has 0 bridgehead atoms. The third-order valence-corrected chi connectivity index (χ3v) is 5.50. The molecule has 2 aromatic heterocycles. The zero-order valence-electron chi connectivity index (χ0n) is 18.8. The van der Waals surface area contributed by atoms with Gasteiger partial charge in [-0.05, 0) is 41.7 Å². The predicted octanol–water partition coefficient (Wildman–Crippen LogP) is 5.91. The van der Waals surface area contributed by atoms with Gasteiger partial charge in [-0.15, -0.1) is 18.3 Å². The average Bonchev–Trinajstić information content (AvgIpc) is 3.12. The van der Waals surface area contributed by atoms with Gasteiger partial charge in [-0.3, -0.25) is 4.79 Å². The van der Waals surface area contributed by atoms with Crippen molar-refractivity contribution < 1.29 is 22.7 Å². The Balaban J connectivity index is 1.67. The Kier molecular flexibility index (Phi) is 6.03. The van der Waals surface area contributed by atoms with Gasteiger partial charge in [0.2, 0.25) is 5.91 Å². The standard InChI is InChI=1S/C25H23F3N4O2/c1-16-13-14-29-23-21(17-9-11-19(12-10-17)34-25(26,27)28)22(31-32(16)23)30-20(33)15-24(2,3)18-7-5-4-6-8-18/h4-14H,15H2,1-3H3,(H,30,31,33). The topological polar surface area (TPSA) is 68.5 Å². The first-order valence-corrected chi connectivity index (χ1v) is 10.6. The maximum atomic E-state index is 13.0. The summed E-state index contributed by atoms with van der Waals surface area (Å²) in [6, 6.07) is 16.9. The number of alkyl halides is 3. The lowest BCUT2D eigenvalue weighted by atomic mass is 9.81. The summed E-state index contributed by atoms with van der Waals surface area (Å²) in [4.78, 5) is 17.4. The highest BCUT2D eigenvalue weighted by atomic mass is 19.4. The van der Waals surface area contributed by atoms with Gasteiger partial charge < -0.3 is 10.1 Å². The third kappa shape index (κ3) is 5.03. The van der Waals surface area contributed by atoms with E-state index in [4.69, 9.17) is 0 Å². The van der Waals surface area contributed by atoms with Gasteiger partial charge in [0.15, 0.2) is 11.5 Å². The number of benzene rings is 2. The van der Waals surface area contributed by atoms with Gasteiger partial charge in [0.1, 0.15) is 5.75 Å². The molecule has 0 radical (unpaired) electrons. The van der Waals surface area contributed by atoms with E-state index in [1.54, 1.807) is 16.8 Å². The number of carbonyl (C=O) groups excluding carboxylic acids is 1. The van der Waals surface area contributed by atoms with Gasteiger partial charge in [0, 0.05) is 18.3 Å². The minimum atomic E-state index is -4.78. The maximum absolute atomic E-state index is 13.0. The van der Waals surface area contributed by atoms with E-state index in [1.807, 2.05) is 51.1 Å². The summed E-state index contributed by atoms with van der Waals surface area (Å²) in [5.74, 6) is -0.305. The van der Waals surface area contributed by atoms with Crippen LogP contribution in [0.1, 0.15) is 31.5 Å². The molecule has 0 aliphatic rings. The van der Waals surface area contributed by atoms with Gasteiger partial charge in [0.05, 0.1) is 5.56 Å². The van der Waals surface area contributed by atoms with Crippen LogP contribution in [0, 0.1) is 6.92 Å². The Labute approximate surface area is 194 Å². The largest absolute Gasteiger partial charge is 0.573 e. The van der Waals surface area contributed by atoms with Crippen molar-refractivity contribution in [1.82, 2.24) is 14.6 Å². The lowest BCUT2D eigenvalue weighted by Gasteiger charge is -2.24. The third-order valence-electron chi connectivity index (χ3n) is 5.50. The summed E-state index contributed by atoms with van der Waals surface area (Å²) >= 11 is 0. The average molecular weight is 468 g/mol. The number of amides is 1. The number of fused-ring (bicyclic) bond motifs is 1. The lowest BCUT2D eigenvalue weighted by molar-refractivity contribution is -0.274. The molecule has 0 saturated carbocycles. The number of aromatic nitrogens is 3. The first-order valence-electron chi connectivity index (χ1n) is 10.6. The smallest absolute Gasteiger partial charge is 0.406 e. The van der Waals surface area contributed by atoms with Crippen molar-refractivity contribution in [3.8, 4) is 16.9 Å². The molecule has 1 amide bonds. The predicted molar refractivity (Wildman–Crippen MR) is 123 cm³/mol. The van der Waals surface area contributed by atoms with E-state index in [0.29, 0.717) is 16.8 Å². The monoisotopic (exact) mass is 468 g/mol. The fourth-order valence-electron chi connectivity index (χ4n) is 3.81. The van der Waals surface area contributed by atoms with Crippen molar-refractivity contribution in [2.24, 2.45) is 0 Å². The first kappa shape index (κ1) is 23.3. The van der Waals surface area contributed by atoms with E-state index >= 15 is 0 Å². The van der Waals surface area contributed by atoms with Gasteiger partial charge in [-0.2, -0.15) is 0 Å². The van der Waals surface area contributed by atoms with E-state index in [0.717, 1.165) is 11.3 Å². The number of anilines is 1.